The fourth-order valence-electron chi connectivity index (χ4n) is 2.55. The van der Waals surface area contributed by atoms with Gasteiger partial charge in [-0.05, 0) is 37.3 Å². The highest BCUT2D eigenvalue weighted by Crippen LogP contribution is 2.31. The van der Waals surface area contributed by atoms with Crippen LogP contribution in [0.2, 0.25) is 0 Å². The number of alkyl halides is 3. The summed E-state index contributed by atoms with van der Waals surface area (Å²) in [6, 6.07) is 7.86. The van der Waals surface area contributed by atoms with Crippen molar-refractivity contribution in [3.05, 3.63) is 59.5 Å². The van der Waals surface area contributed by atoms with Crippen molar-refractivity contribution >= 4 is 17.2 Å². The Labute approximate surface area is 141 Å². The van der Waals surface area contributed by atoms with E-state index < -0.39 is 17.6 Å². The molecule has 0 bridgehead atoms. The van der Waals surface area contributed by atoms with E-state index in [1.54, 1.807) is 25.3 Å². The number of aryl methyl sites for hydroxylation is 1. The van der Waals surface area contributed by atoms with Crippen LogP contribution in [0.1, 0.15) is 21.7 Å². The summed E-state index contributed by atoms with van der Waals surface area (Å²) in [7, 11) is 1.49. The number of aromatic nitrogens is 2. The fourth-order valence-corrected chi connectivity index (χ4v) is 2.55. The minimum atomic E-state index is -4.48. The van der Waals surface area contributed by atoms with E-state index in [1.807, 2.05) is 0 Å². The molecule has 1 amide bonds. The number of amides is 1. The fraction of sp³-hybridized carbons (Fsp3) is 0.176. The molecule has 0 saturated carbocycles. The molecule has 1 N–H and O–H groups in total. The minimum absolute atomic E-state index is 0.0528. The van der Waals surface area contributed by atoms with Crippen molar-refractivity contribution in [2.24, 2.45) is 0 Å². The normalized spacial score (nSPS) is 11.6. The number of hydrogen-bond acceptors (Lipinski definition) is 3. The Kier molecular flexibility index (Phi) is 4.12. The van der Waals surface area contributed by atoms with Gasteiger partial charge in [0, 0.05) is 11.9 Å². The lowest BCUT2D eigenvalue weighted by Gasteiger charge is -2.10. The summed E-state index contributed by atoms with van der Waals surface area (Å²) in [6.07, 6.45) is -2.84. The highest BCUT2D eigenvalue weighted by Gasteiger charge is 2.30. The Morgan fingerprint density at radius 1 is 1.24 bits per heavy atom. The number of methoxy groups -OCH3 is 1. The average molecular weight is 349 g/mol. The number of pyridine rings is 1. The lowest BCUT2D eigenvalue weighted by Crippen LogP contribution is -2.16. The summed E-state index contributed by atoms with van der Waals surface area (Å²) in [6.45, 7) is 1.65. The van der Waals surface area contributed by atoms with Crippen LogP contribution in [0.5, 0.6) is 5.75 Å². The highest BCUT2D eigenvalue weighted by molar-refractivity contribution is 6.04. The van der Waals surface area contributed by atoms with Crippen molar-refractivity contribution in [1.82, 2.24) is 9.38 Å². The number of carbonyl (C=O) groups is 1. The van der Waals surface area contributed by atoms with E-state index >= 15 is 0 Å². The molecule has 25 heavy (non-hydrogen) atoms. The standard InChI is InChI=1S/C17H14F3N3O2/c1-10-14(23-8-4-7-13(25-2)15(23)21-10)16(24)22-12-6-3-5-11(9-12)17(18,19)20/h3-9H,1-2H3,(H,22,24). The van der Waals surface area contributed by atoms with Gasteiger partial charge in [-0.15, -0.1) is 0 Å². The van der Waals surface area contributed by atoms with Crippen LogP contribution in [0.3, 0.4) is 0 Å². The third-order valence-electron chi connectivity index (χ3n) is 3.67. The van der Waals surface area contributed by atoms with Gasteiger partial charge in [-0.3, -0.25) is 9.20 Å². The number of imidazole rings is 1. The van der Waals surface area contributed by atoms with Crippen LogP contribution < -0.4 is 10.1 Å². The smallest absolute Gasteiger partial charge is 0.416 e. The first-order valence-electron chi connectivity index (χ1n) is 7.31. The molecular formula is C17H14F3N3O2. The van der Waals surface area contributed by atoms with Crippen LogP contribution in [0, 0.1) is 6.92 Å². The first kappa shape index (κ1) is 16.8. The summed E-state index contributed by atoms with van der Waals surface area (Å²) in [5.41, 5.74) is 0.343. The van der Waals surface area contributed by atoms with Crippen LogP contribution in [0.15, 0.2) is 42.6 Å². The first-order valence-corrected chi connectivity index (χ1v) is 7.31. The molecule has 0 fully saturated rings. The summed E-state index contributed by atoms with van der Waals surface area (Å²) in [4.78, 5) is 16.9. The Morgan fingerprint density at radius 2 is 2.00 bits per heavy atom. The summed E-state index contributed by atoms with van der Waals surface area (Å²) < 4.78 is 45.1. The van der Waals surface area contributed by atoms with Crippen molar-refractivity contribution in [3.63, 3.8) is 0 Å². The third kappa shape index (κ3) is 3.15. The Balaban J connectivity index is 1.97. The second kappa shape index (κ2) is 6.12. The number of hydrogen-bond donors (Lipinski definition) is 1. The summed E-state index contributed by atoms with van der Waals surface area (Å²) in [5.74, 6) is -0.0682. The predicted octanol–water partition coefficient (Wildman–Crippen LogP) is 3.92. The molecule has 3 rings (SSSR count). The SMILES string of the molecule is COc1cccn2c(C(=O)Nc3cccc(C(F)(F)F)c3)c(C)nc12. The van der Waals surface area contributed by atoms with Gasteiger partial charge in [0.25, 0.3) is 5.91 Å². The number of nitrogens with one attached hydrogen (secondary N) is 1. The third-order valence-corrected chi connectivity index (χ3v) is 3.67. The van der Waals surface area contributed by atoms with Gasteiger partial charge in [0.1, 0.15) is 5.69 Å². The van der Waals surface area contributed by atoms with Crippen LogP contribution >= 0.6 is 0 Å². The van der Waals surface area contributed by atoms with Crippen molar-refractivity contribution in [2.75, 3.05) is 12.4 Å². The molecule has 130 valence electrons. The van der Waals surface area contributed by atoms with Crippen molar-refractivity contribution < 1.29 is 22.7 Å². The number of benzene rings is 1. The molecule has 0 aliphatic carbocycles. The van der Waals surface area contributed by atoms with E-state index in [0.717, 1.165) is 12.1 Å². The van der Waals surface area contributed by atoms with Crippen LogP contribution in [-0.2, 0) is 6.18 Å². The van der Waals surface area contributed by atoms with Crippen molar-refractivity contribution in [2.45, 2.75) is 13.1 Å². The molecule has 3 aromatic rings. The van der Waals surface area contributed by atoms with Gasteiger partial charge in [0.2, 0.25) is 0 Å². The molecule has 0 aliphatic heterocycles. The molecule has 0 atom stereocenters. The predicted molar refractivity (Wildman–Crippen MR) is 85.9 cm³/mol. The maximum Gasteiger partial charge on any atom is 0.416 e. The van der Waals surface area contributed by atoms with Crippen LogP contribution in [0.4, 0.5) is 18.9 Å². The zero-order valence-corrected chi connectivity index (χ0v) is 13.4. The number of ether oxygens (including phenoxy) is 1. The number of rotatable bonds is 3. The highest BCUT2D eigenvalue weighted by atomic mass is 19.4. The Morgan fingerprint density at radius 3 is 2.68 bits per heavy atom. The Hall–Kier alpha value is -3.03. The molecule has 2 heterocycles. The van der Waals surface area contributed by atoms with Crippen molar-refractivity contribution in [3.8, 4) is 5.75 Å². The first-order chi connectivity index (χ1) is 11.8. The van der Waals surface area contributed by atoms with Gasteiger partial charge in [0.15, 0.2) is 11.4 Å². The van der Waals surface area contributed by atoms with Gasteiger partial charge in [0.05, 0.1) is 18.4 Å². The number of halogens is 3. The van der Waals surface area contributed by atoms with Gasteiger partial charge < -0.3 is 10.1 Å². The van der Waals surface area contributed by atoms with E-state index in [-0.39, 0.29) is 11.4 Å². The molecule has 0 radical (unpaired) electrons. The van der Waals surface area contributed by atoms with E-state index in [0.29, 0.717) is 17.1 Å². The molecule has 8 heteroatoms. The van der Waals surface area contributed by atoms with Gasteiger partial charge in [-0.2, -0.15) is 13.2 Å². The largest absolute Gasteiger partial charge is 0.493 e. The molecule has 5 nitrogen and oxygen atoms in total. The van der Waals surface area contributed by atoms with Crippen LogP contribution in [-0.4, -0.2) is 22.4 Å². The molecule has 0 spiro atoms. The number of fused-ring (bicyclic) bond motifs is 1. The second-order valence-corrected chi connectivity index (χ2v) is 5.35. The van der Waals surface area contributed by atoms with Crippen molar-refractivity contribution in [1.29, 1.82) is 0 Å². The maximum atomic E-state index is 12.8. The quantitative estimate of drug-likeness (QED) is 0.780. The number of anilines is 1. The monoisotopic (exact) mass is 349 g/mol. The molecule has 0 saturated heterocycles. The zero-order chi connectivity index (χ0) is 18.2. The molecule has 2 aromatic heterocycles. The molecular weight excluding hydrogens is 335 g/mol. The van der Waals surface area contributed by atoms with Gasteiger partial charge in [-0.25, -0.2) is 4.98 Å². The van der Waals surface area contributed by atoms with Gasteiger partial charge in [-0.1, -0.05) is 6.07 Å². The van der Waals surface area contributed by atoms with Crippen LogP contribution in [0.25, 0.3) is 5.65 Å². The summed E-state index contributed by atoms with van der Waals surface area (Å²) >= 11 is 0. The number of nitrogens with zero attached hydrogens (tertiary/aromatic N) is 2. The van der Waals surface area contributed by atoms with E-state index in [2.05, 4.69) is 10.3 Å². The van der Waals surface area contributed by atoms with E-state index in [9.17, 15) is 18.0 Å². The average Bonchev–Trinajstić information content (AvgIpc) is 2.90. The molecule has 1 aromatic carbocycles. The lowest BCUT2D eigenvalue weighted by atomic mass is 10.2. The minimum Gasteiger partial charge on any atom is -0.493 e. The molecule has 0 aliphatic rings. The summed E-state index contributed by atoms with van der Waals surface area (Å²) in [5, 5.41) is 2.49. The topological polar surface area (TPSA) is 55.6 Å². The lowest BCUT2D eigenvalue weighted by molar-refractivity contribution is -0.137. The maximum absolute atomic E-state index is 12.8. The second-order valence-electron chi connectivity index (χ2n) is 5.35. The Bertz CT molecular complexity index is 948. The number of carbonyl (C=O) groups excluding carboxylic acids is 1. The van der Waals surface area contributed by atoms with E-state index in [1.165, 1.54) is 23.6 Å². The van der Waals surface area contributed by atoms with Gasteiger partial charge >= 0.3 is 6.18 Å². The van der Waals surface area contributed by atoms with E-state index in [4.69, 9.17) is 4.74 Å². The zero-order valence-electron chi connectivity index (χ0n) is 13.4. The molecule has 0 unspecified atom stereocenters.